The molecular formula is C11H15FN2O2S. The minimum atomic E-state index is -3.59. The number of sulfonamides is 1. The summed E-state index contributed by atoms with van der Waals surface area (Å²) in [6.07, 6.45) is 1.70. The van der Waals surface area contributed by atoms with Crippen LogP contribution in [0.15, 0.2) is 23.1 Å². The van der Waals surface area contributed by atoms with E-state index in [2.05, 4.69) is 0 Å². The van der Waals surface area contributed by atoms with E-state index in [1.54, 1.807) is 0 Å². The molecule has 1 aliphatic heterocycles. The average molecular weight is 258 g/mol. The summed E-state index contributed by atoms with van der Waals surface area (Å²) >= 11 is 0. The Morgan fingerprint density at radius 3 is 2.71 bits per heavy atom. The van der Waals surface area contributed by atoms with Gasteiger partial charge in [-0.2, -0.15) is 4.31 Å². The molecule has 0 amide bonds. The summed E-state index contributed by atoms with van der Waals surface area (Å²) < 4.78 is 38.9. The molecule has 0 saturated carbocycles. The Hall–Kier alpha value is -1.14. The van der Waals surface area contributed by atoms with Crippen LogP contribution < -0.4 is 5.73 Å². The summed E-state index contributed by atoms with van der Waals surface area (Å²) in [7, 11) is -3.59. The number of nitrogens with zero attached hydrogens (tertiary/aromatic N) is 1. The van der Waals surface area contributed by atoms with Crippen molar-refractivity contribution in [2.75, 3.05) is 12.3 Å². The third-order valence-corrected chi connectivity index (χ3v) is 5.14. The summed E-state index contributed by atoms with van der Waals surface area (Å²) in [5.74, 6) is -0.532. The first kappa shape index (κ1) is 12.3. The Bertz CT molecular complexity index is 530. The van der Waals surface area contributed by atoms with Gasteiger partial charge < -0.3 is 5.73 Å². The van der Waals surface area contributed by atoms with E-state index < -0.39 is 15.8 Å². The largest absolute Gasteiger partial charge is 0.398 e. The first-order valence-electron chi connectivity index (χ1n) is 5.50. The van der Waals surface area contributed by atoms with E-state index in [1.165, 1.54) is 10.4 Å². The molecule has 2 rings (SSSR count). The summed E-state index contributed by atoms with van der Waals surface area (Å²) in [5, 5.41) is 0. The van der Waals surface area contributed by atoms with E-state index in [0.29, 0.717) is 6.54 Å². The zero-order valence-electron chi connectivity index (χ0n) is 9.56. The highest BCUT2D eigenvalue weighted by molar-refractivity contribution is 7.89. The van der Waals surface area contributed by atoms with Crippen molar-refractivity contribution in [1.29, 1.82) is 0 Å². The molecule has 1 atom stereocenters. The number of hydrogen-bond acceptors (Lipinski definition) is 3. The number of hydrogen-bond donors (Lipinski definition) is 1. The molecule has 1 heterocycles. The van der Waals surface area contributed by atoms with E-state index in [-0.39, 0.29) is 16.6 Å². The maximum Gasteiger partial charge on any atom is 0.245 e. The monoisotopic (exact) mass is 258 g/mol. The molecule has 6 heteroatoms. The summed E-state index contributed by atoms with van der Waals surface area (Å²) in [5.41, 5.74) is 5.54. The van der Waals surface area contributed by atoms with Crippen LogP contribution in [0.1, 0.15) is 19.8 Å². The number of benzene rings is 1. The third-order valence-electron chi connectivity index (χ3n) is 3.05. The molecule has 2 N–H and O–H groups in total. The molecule has 0 radical (unpaired) electrons. The predicted molar refractivity (Wildman–Crippen MR) is 63.4 cm³/mol. The standard InChI is InChI=1S/C11H15FN2O2S/c1-8-3-2-6-14(8)17(15,16)11-5-4-9(12)7-10(11)13/h4-5,7-8H,2-3,6,13H2,1H3. The Morgan fingerprint density at radius 1 is 1.47 bits per heavy atom. The maximum atomic E-state index is 12.9. The summed E-state index contributed by atoms with van der Waals surface area (Å²) in [6, 6.07) is 3.35. The highest BCUT2D eigenvalue weighted by Crippen LogP contribution is 2.28. The Morgan fingerprint density at radius 2 is 2.18 bits per heavy atom. The molecule has 17 heavy (non-hydrogen) atoms. The summed E-state index contributed by atoms with van der Waals surface area (Å²) in [6.45, 7) is 2.37. The number of rotatable bonds is 2. The number of nitrogen functional groups attached to an aromatic ring is 1. The van der Waals surface area contributed by atoms with Gasteiger partial charge in [0.2, 0.25) is 10.0 Å². The molecule has 0 bridgehead atoms. The molecule has 1 aliphatic rings. The Labute approximate surface area is 100 Å². The van der Waals surface area contributed by atoms with Crippen molar-refractivity contribution in [2.45, 2.75) is 30.7 Å². The second kappa shape index (κ2) is 4.27. The molecule has 0 aromatic heterocycles. The molecule has 1 fully saturated rings. The van der Waals surface area contributed by atoms with Gasteiger partial charge in [0.15, 0.2) is 0 Å². The number of halogens is 1. The van der Waals surface area contributed by atoms with Crippen molar-refractivity contribution in [2.24, 2.45) is 0 Å². The van der Waals surface area contributed by atoms with E-state index in [1.807, 2.05) is 6.92 Å². The third kappa shape index (κ3) is 2.14. The molecule has 1 unspecified atom stereocenters. The minimum Gasteiger partial charge on any atom is -0.398 e. The van der Waals surface area contributed by atoms with Crippen LogP contribution in [-0.2, 0) is 10.0 Å². The van der Waals surface area contributed by atoms with Crippen LogP contribution in [0.25, 0.3) is 0 Å². The van der Waals surface area contributed by atoms with Crippen LogP contribution in [-0.4, -0.2) is 25.3 Å². The first-order chi connectivity index (χ1) is 7.93. The lowest BCUT2D eigenvalue weighted by molar-refractivity contribution is 0.408. The van der Waals surface area contributed by atoms with Gasteiger partial charge in [0, 0.05) is 12.6 Å². The minimum absolute atomic E-state index is 0.00681. The molecular weight excluding hydrogens is 243 g/mol. The SMILES string of the molecule is CC1CCCN1S(=O)(=O)c1ccc(F)cc1N. The Kier molecular flexibility index (Phi) is 3.09. The van der Waals surface area contributed by atoms with Crippen molar-refractivity contribution in [1.82, 2.24) is 4.31 Å². The average Bonchev–Trinajstić information content (AvgIpc) is 2.64. The van der Waals surface area contributed by atoms with Gasteiger partial charge in [-0.15, -0.1) is 0 Å². The zero-order valence-corrected chi connectivity index (χ0v) is 10.4. The molecule has 1 aromatic carbocycles. The van der Waals surface area contributed by atoms with E-state index in [0.717, 1.165) is 25.0 Å². The van der Waals surface area contributed by atoms with Crippen molar-refractivity contribution in [3.63, 3.8) is 0 Å². The van der Waals surface area contributed by atoms with Gasteiger partial charge >= 0.3 is 0 Å². The predicted octanol–water partition coefficient (Wildman–Crippen LogP) is 1.58. The fourth-order valence-electron chi connectivity index (χ4n) is 2.14. The van der Waals surface area contributed by atoms with Gasteiger partial charge in [-0.1, -0.05) is 0 Å². The van der Waals surface area contributed by atoms with Crippen molar-refractivity contribution < 1.29 is 12.8 Å². The molecule has 0 spiro atoms. The Balaban J connectivity index is 2.44. The zero-order chi connectivity index (χ0) is 12.6. The van der Waals surface area contributed by atoms with Gasteiger partial charge in [-0.3, -0.25) is 0 Å². The van der Waals surface area contributed by atoms with E-state index >= 15 is 0 Å². The smallest absolute Gasteiger partial charge is 0.245 e. The molecule has 4 nitrogen and oxygen atoms in total. The maximum absolute atomic E-state index is 12.9. The topological polar surface area (TPSA) is 63.4 Å². The summed E-state index contributed by atoms with van der Waals surface area (Å²) in [4.78, 5) is -0.00681. The van der Waals surface area contributed by atoms with E-state index in [9.17, 15) is 12.8 Å². The van der Waals surface area contributed by atoms with Crippen molar-refractivity contribution >= 4 is 15.7 Å². The first-order valence-corrected chi connectivity index (χ1v) is 6.94. The second-order valence-electron chi connectivity index (χ2n) is 4.29. The van der Waals surface area contributed by atoms with Crippen molar-refractivity contribution in [3.05, 3.63) is 24.0 Å². The van der Waals surface area contributed by atoms with Crippen LogP contribution in [0.5, 0.6) is 0 Å². The van der Waals surface area contributed by atoms with Crippen LogP contribution in [0.4, 0.5) is 10.1 Å². The fourth-order valence-corrected chi connectivity index (χ4v) is 3.94. The van der Waals surface area contributed by atoms with Gasteiger partial charge in [0.25, 0.3) is 0 Å². The molecule has 94 valence electrons. The second-order valence-corrected chi connectivity index (χ2v) is 6.15. The van der Waals surface area contributed by atoms with Crippen molar-refractivity contribution in [3.8, 4) is 0 Å². The van der Waals surface area contributed by atoms with Gasteiger partial charge in [-0.05, 0) is 38.0 Å². The number of anilines is 1. The van der Waals surface area contributed by atoms with Crippen LogP contribution in [0.3, 0.4) is 0 Å². The van der Waals surface area contributed by atoms with Gasteiger partial charge in [-0.25, -0.2) is 12.8 Å². The van der Waals surface area contributed by atoms with Gasteiger partial charge in [0.1, 0.15) is 10.7 Å². The van der Waals surface area contributed by atoms with Crippen LogP contribution >= 0.6 is 0 Å². The molecule has 1 saturated heterocycles. The fraction of sp³-hybridized carbons (Fsp3) is 0.455. The lowest BCUT2D eigenvalue weighted by Crippen LogP contribution is -2.34. The highest BCUT2D eigenvalue weighted by atomic mass is 32.2. The van der Waals surface area contributed by atoms with E-state index in [4.69, 9.17) is 5.73 Å². The lowest BCUT2D eigenvalue weighted by Gasteiger charge is -2.21. The normalized spacial score (nSPS) is 21.9. The highest BCUT2D eigenvalue weighted by Gasteiger charge is 2.33. The van der Waals surface area contributed by atoms with Crippen LogP contribution in [0, 0.1) is 5.82 Å². The quantitative estimate of drug-likeness (QED) is 0.819. The van der Waals surface area contributed by atoms with Gasteiger partial charge in [0.05, 0.1) is 5.69 Å². The lowest BCUT2D eigenvalue weighted by atomic mass is 10.3. The molecule has 0 aliphatic carbocycles. The molecule has 1 aromatic rings. The number of nitrogens with two attached hydrogens (primary N) is 1. The van der Waals surface area contributed by atoms with Crippen LogP contribution in [0.2, 0.25) is 0 Å².